The Morgan fingerprint density at radius 2 is 2.00 bits per heavy atom. The van der Waals surface area contributed by atoms with Gasteiger partial charge in [-0.3, -0.25) is 0 Å². The van der Waals surface area contributed by atoms with Crippen molar-refractivity contribution in [3.63, 3.8) is 0 Å². The summed E-state index contributed by atoms with van der Waals surface area (Å²) in [5.74, 6) is 1.97. The minimum Gasteiger partial charge on any atom is -0.491 e. The molecule has 116 valence electrons. The molecule has 1 aromatic carbocycles. The molecule has 2 aliphatic rings. The summed E-state index contributed by atoms with van der Waals surface area (Å²) >= 11 is 0. The van der Waals surface area contributed by atoms with Gasteiger partial charge in [-0.05, 0) is 50.2 Å². The largest absolute Gasteiger partial charge is 0.491 e. The molecule has 1 aliphatic heterocycles. The molecule has 0 unspecified atom stereocenters. The molecule has 1 aliphatic carbocycles. The highest BCUT2D eigenvalue weighted by atomic mass is 16.5. The summed E-state index contributed by atoms with van der Waals surface area (Å²) in [7, 11) is 0. The van der Waals surface area contributed by atoms with Crippen molar-refractivity contribution in [3.05, 3.63) is 24.3 Å². The Morgan fingerprint density at radius 1 is 1.19 bits per heavy atom. The molecule has 1 fully saturated rings. The molecule has 1 heterocycles. The lowest BCUT2D eigenvalue weighted by molar-refractivity contribution is 0.309. The predicted octanol–water partition coefficient (Wildman–Crippen LogP) is 3.44. The predicted molar refractivity (Wildman–Crippen MR) is 88.2 cm³/mol. The van der Waals surface area contributed by atoms with Gasteiger partial charge in [-0.2, -0.15) is 0 Å². The fourth-order valence-electron chi connectivity index (χ4n) is 3.50. The quantitative estimate of drug-likeness (QED) is 0.918. The van der Waals surface area contributed by atoms with Crippen molar-refractivity contribution in [2.45, 2.75) is 45.1 Å². The highest BCUT2D eigenvalue weighted by molar-refractivity contribution is 5.58. The Balaban J connectivity index is 1.51. The first-order valence-electron chi connectivity index (χ1n) is 8.53. The van der Waals surface area contributed by atoms with Gasteiger partial charge < -0.3 is 15.0 Å². The molecule has 1 aromatic rings. The standard InChI is InChI=1S/C18H28N2O/c1-15-7-9-16(10-8-15)19-11-13-20-12-4-14-21-18-6-3-2-5-17(18)20/h2-3,5-6,15-16,19H,4,7-14H2,1H3. The zero-order valence-corrected chi connectivity index (χ0v) is 13.2. The fourth-order valence-corrected chi connectivity index (χ4v) is 3.50. The van der Waals surface area contributed by atoms with E-state index in [4.69, 9.17) is 4.74 Å². The minimum atomic E-state index is 0.736. The van der Waals surface area contributed by atoms with Crippen molar-refractivity contribution in [1.82, 2.24) is 5.32 Å². The zero-order valence-electron chi connectivity index (χ0n) is 13.2. The van der Waals surface area contributed by atoms with Crippen molar-refractivity contribution in [2.75, 3.05) is 31.1 Å². The average Bonchev–Trinajstić information content (AvgIpc) is 2.72. The number of fused-ring (bicyclic) bond motifs is 1. The second kappa shape index (κ2) is 7.17. The lowest BCUT2D eigenvalue weighted by Gasteiger charge is -2.29. The highest BCUT2D eigenvalue weighted by Gasteiger charge is 2.19. The maximum Gasteiger partial charge on any atom is 0.142 e. The molecular formula is C18H28N2O. The van der Waals surface area contributed by atoms with E-state index in [0.29, 0.717) is 0 Å². The van der Waals surface area contributed by atoms with Crippen molar-refractivity contribution in [1.29, 1.82) is 0 Å². The summed E-state index contributed by atoms with van der Waals surface area (Å²) in [5.41, 5.74) is 1.26. The second-order valence-electron chi connectivity index (χ2n) is 6.57. The maximum absolute atomic E-state index is 5.82. The number of ether oxygens (including phenoxy) is 1. The summed E-state index contributed by atoms with van der Waals surface area (Å²) < 4.78 is 5.82. The van der Waals surface area contributed by atoms with E-state index in [1.54, 1.807) is 0 Å². The first-order valence-corrected chi connectivity index (χ1v) is 8.53. The van der Waals surface area contributed by atoms with Crippen molar-refractivity contribution in [2.24, 2.45) is 5.92 Å². The summed E-state index contributed by atoms with van der Waals surface area (Å²) in [6.45, 7) is 6.46. The summed E-state index contributed by atoms with van der Waals surface area (Å²) in [6.07, 6.45) is 6.58. The van der Waals surface area contributed by atoms with Crippen LogP contribution in [0, 0.1) is 5.92 Å². The first kappa shape index (κ1) is 14.7. The Hall–Kier alpha value is -1.22. The normalized spacial score (nSPS) is 25.9. The molecule has 21 heavy (non-hydrogen) atoms. The van der Waals surface area contributed by atoms with Crippen LogP contribution < -0.4 is 15.0 Å². The van der Waals surface area contributed by atoms with Crippen LogP contribution in [0.15, 0.2) is 24.3 Å². The average molecular weight is 288 g/mol. The summed E-state index contributed by atoms with van der Waals surface area (Å²) in [4.78, 5) is 2.47. The van der Waals surface area contributed by atoms with Crippen LogP contribution in [0.4, 0.5) is 5.69 Å². The number of nitrogens with one attached hydrogen (secondary N) is 1. The van der Waals surface area contributed by atoms with Gasteiger partial charge in [0.05, 0.1) is 12.3 Å². The van der Waals surface area contributed by atoms with E-state index in [1.807, 2.05) is 0 Å². The Bertz CT molecular complexity index is 441. The Labute approximate surface area is 128 Å². The molecule has 3 rings (SSSR count). The molecule has 3 heteroatoms. The van der Waals surface area contributed by atoms with E-state index in [0.717, 1.165) is 50.4 Å². The zero-order chi connectivity index (χ0) is 14.5. The van der Waals surface area contributed by atoms with Crippen molar-refractivity contribution in [3.8, 4) is 5.75 Å². The van der Waals surface area contributed by atoms with Crippen LogP contribution in [0.3, 0.4) is 0 Å². The Kier molecular flexibility index (Phi) is 5.02. The fraction of sp³-hybridized carbons (Fsp3) is 0.667. The lowest BCUT2D eigenvalue weighted by Crippen LogP contribution is -2.39. The number of hydrogen-bond donors (Lipinski definition) is 1. The van der Waals surface area contributed by atoms with E-state index < -0.39 is 0 Å². The van der Waals surface area contributed by atoms with E-state index in [9.17, 15) is 0 Å². The van der Waals surface area contributed by atoms with Gasteiger partial charge in [-0.25, -0.2) is 0 Å². The van der Waals surface area contributed by atoms with Gasteiger partial charge in [0.15, 0.2) is 0 Å². The molecule has 0 amide bonds. The molecule has 0 bridgehead atoms. The van der Waals surface area contributed by atoms with Crippen LogP contribution in [0.1, 0.15) is 39.0 Å². The number of rotatable bonds is 4. The van der Waals surface area contributed by atoms with Crippen molar-refractivity contribution < 1.29 is 4.74 Å². The molecule has 3 nitrogen and oxygen atoms in total. The highest BCUT2D eigenvalue weighted by Crippen LogP contribution is 2.30. The number of para-hydroxylation sites is 2. The van der Waals surface area contributed by atoms with Crippen LogP contribution in [0.5, 0.6) is 5.75 Å². The topological polar surface area (TPSA) is 24.5 Å². The van der Waals surface area contributed by atoms with Gasteiger partial charge in [-0.15, -0.1) is 0 Å². The smallest absolute Gasteiger partial charge is 0.142 e. The van der Waals surface area contributed by atoms with E-state index in [2.05, 4.69) is 41.4 Å². The van der Waals surface area contributed by atoms with Gasteiger partial charge in [-0.1, -0.05) is 19.1 Å². The molecule has 0 saturated heterocycles. The minimum absolute atomic E-state index is 0.736. The van der Waals surface area contributed by atoms with Gasteiger partial charge in [0.1, 0.15) is 5.75 Å². The summed E-state index contributed by atoms with van der Waals surface area (Å²) in [6, 6.07) is 9.17. The number of nitrogens with zero attached hydrogens (tertiary/aromatic N) is 1. The number of anilines is 1. The van der Waals surface area contributed by atoms with Gasteiger partial charge in [0, 0.05) is 25.7 Å². The maximum atomic E-state index is 5.82. The molecule has 1 saturated carbocycles. The van der Waals surface area contributed by atoms with Gasteiger partial charge in [0.25, 0.3) is 0 Å². The van der Waals surface area contributed by atoms with Crippen LogP contribution in [0.25, 0.3) is 0 Å². The lowest BCUT2D eigenvalue weighted by atomic mass is 9.87. The monoisotopic (exact) mass is 288 g/mol. The van der Waals surface area contributed by atoms with Crippen molar-refractivity contribution >= 4 is 5.69 Å². The second-order valence-corrected chi connectivity index (χ2v) is 6.57. The summed E-state index contributed by atoms with van der Waals surface area (Å²) in [5, 5.41) is 3.76. The Morgan fingerprint density at radius 3 is 2.86 bits per heavy atom. The van der Waals surface area contributed by atoms with Gasteiger partial charge in [0.2, 0.25) is 0 Å². The van der Waals surface area contributed by atoms with Crippen LogP contribution >= 0.6 is 0 Å². The molecule has 0 atom stereocenters. The number of hydrogen-bond acceptors (Lipinski definition) is 3. The third-order valence-electron chi connectivity index (χ3n) is 4.87. The van der Waals surface area contributed by atoms with Gasteiger partial charge >= 0.3 is 0 Å². The van der Waals surface area contributed by atoms with E-state index >= 15 is 0 Å². The van der Waals surface area contributed by atoms with E-state index in [1.165, 1.54) is 31.4 Å². The van der Waals surface area contributed by atoms with Crippen LogP contribution in [-0.2, 0) is 0 Å². The molecule has 0 radical (unpaired) electrons. The molecule has 0 aromatic heterocycles. The third kappa shape index (κ3) is 3.91. The number of benzene rings is 1. The van der Waals surface area contributed by atoms with E-state index in [-0.39, 0.29) is 0 Å². The first-order chi connectivity index (χ1) is 10.3. The molecular weight excluding hydrogens is 260 g/mol. The molecule has 1 N–H and O–H groups in total. The third-order valence-corrected chi connectivity index (χ3v) is 4.87. The molecule has 0 spiro atoms. The van der Waals surface area contributed by atoms with Crippen LogP contribution in [-0.4, -0.2) is 32.3 Å². The SMILES string of the molecule is CC1CCC(NCCN2CCCOc3ccccc32)CC1. The van der Waals surface area contributed by atoms with Crippen LogP contribution in [0.2, 0.25) is 0 Å².